The van der Waals surface area contributed by atoms with Gasteiger partial charge in [0.25, 0.3) is 4.92 Å². The zero-order valence-corrected chi connectivity index (χ0v) is 14.6. The van der Waals surface area contributed by atoms with Gasteiger partial charge in [-0.15, -0.1) is 0 Å². The Hall–Kier alpha value is -3.12. The van der Waals surface area contributed by atoms with Crippen molar-refractivity contribution >= 4 is 29.3 Å². The average molecular weight is 364 g/mol. The minimum Gasteiger partial charge on any atom is -0.463 e. The fraction of sp³-hybridized carbons (Fsp3) is 0.0500. The van der Waals surface area contributed by atoms with Crippen LogP contribution < -0.4 is 0 Å². The molecule has 128 valence electrons. The number of rotatable bonds is 3. The highest BCUT2D eigenvalue weighted by Crippen LogP contribution is 2.41. The van der Waals surface area contributed by atoms with Crippen molar-refractivity contribution in [1.82, 2.24) is 0 Å². The first-order valence-electron chi connectivity index (χ1n) is 7.92. The number of aryl methyl sites for hydroxylation is 1. The van der Waals surface area contributed by atoms with Gasteiger partial charge in [-0.1, -0.05) is 30.0 Å². The molecule has 1 aliphatic heterocycles. The topological polar surface area (TPSA) is 70.5 Å². The van der Waals surface area contributed by atoms with E-state index in [1.165, 1.54) is 18.0 Å². The average Bonchev–Trinajstić information content (AvgIpc) is 3.21. The summed E-state index contributed by atoms with van der Waals surface area (Å²) in [7, 11) is 0. The van der Waals surface area contributed by atoms with Crippen molar-refractivity contribution in [2.24, 2.45) is 0 Å². The Morgan fingerprint density at radius 3 is 2.69 bits per heavy atom. The molecular weight excluding hydrogens is 350 g/mol. The largest absolute Gasteiger partial charge is 0.463 e. The summed E-state index contributed by atoms with van der Waals surface area (Å²) < 4.78 is 5.56. The number of carbonyl (C=O) groups excluding carboxylic acids is 1. The highest BCUT2D eigenvalue weighted by atomic mass is 32.2. The number of carbonyl (C=O) groups is 1. The van der Waals surface area contributed by atoms with Crippen LogP contribution in [0.2, 0.25) is 0 Å². The predicted molar refractivity (Wildman–Crippen MR) is 98.6 cm³/mol. The maximum Gasteiger partial charge on any atom is 0.327 e. The van der Waals surface area contributed by atoms with Crippen molar-refractivity contribution in [1.29, 1.82) is 0 Å². The van der Waals surface area contributed by atoms with Crippen LogP contribution >= 0.6 is 11.8 Å². The molecular formula is C20H14NO4S+. The number of benzene rings is 2. The van der Waals surface area contributed by atoms with Crippen LogP contribution in [0.25, 0.3) is 17.4 Å². The Morgan fingerprint density at radius 2 is 1.92 bits per heavy atom. The maximum atomic E-state index is 12.5. The first-order chi connectivity index (χ1) is 12.5. The Balaban J connectivity index is 1.69. The van der Waals surface area contributed by atoms with Gasteiger partial charge >= 0.3 is 5.69 Å². The van der Waals surface area contributed by atoms with Crippen molar-refractivity contribution < 1.29 is 19.3 Å². The van der Waals surface area contributed by atoms with Crippen molar-refractivity contribution in [3.05, 3.63) is 81.3 Å². The van der Waals surface area contributed by atoms with Crippen LogP contribution in [0.15, 0.2) is 69.0 Å². The van der Waals surface area contributed by atoms with Gasteiger partial charge in [0.15, 0.2) is 0 Å². The third-order valence-electron chi connectivity index (χ3n) is 4.12. The molecule has 0 radical (unpaired) electrons. The van der Waals surface area contributed by atoms with Gasteiger partial charge in [0.1, 0.15) is 5.76 Å². The van der Waals surface area contributed by atoms with E-state index in [0.717, 1.165) is 10.5 Å². The molecule has 3 aromatic rings. The zero-order valence-electron chi connectivity index (χ0n) is 13.8. The van der Waals surface area contributed by atoms with E-state index in [1.807, 2.05) is 37.3 Å². The van der Waals surface area contributed by atoms with E-state index in [1.54, 1.807) is 24.3 Å². The quantitative estimate of drug-likeness (QED) is 0.499. The van der Waals surface area contributed by atoms with Crippen LogP contribution in [0.5, 0.6) is 0 Å². The van der Waals surface area contributed by atoms with E-state index < -0.39 is 0 Å². The monoisotopic (exact) mass is 364 g/mol. The fourth-order valence-electron chi connectivity index (χ4n) is 2.86. The lowest BCUT2D eigenvalue weighted by Gasteiger charge is -1.97. The molecule has 1 aliphatic rings. The van der Waals surface area contributed by atoms with Crippen molar-refractivity contribution in [3.63, 3.8) is 0 Å². The molecule has 2 aromatic carbocycles. The number of fused-ring (bicyclic) bond motifs is 1. The molecule has 0 fully saturated rings. The van der Waals surface area contributed by atoms with Crippen LogP contribution in [0, 0.1) is 11.8 Å². The molecule has 1 aromatic heterocycles. The number of furan rings is 1. The maximum absolute atomic E-state index is 12.5. The molecule has 5 nitrogen and oxygen atoms in total. The number of hydrogen-bond donors (Lipinski definition) is 1. The summed E-state index contributed by atoms with van der Waals surface area (Å²) in [5.74, 6) is 0.431. The minimum absolute atomic E-state index is 0.00883. The lowest BCUT2D eigenvalue weighted by molar-refractivity contribution is -0.729. The number of allylic oxidation sites excluding steroid dienone is 1. The highest BCUT2D eigenvalue weighted by Gasteiger charge is 2.26. The Bertz CT molecular complexity index is 1080. The highest BCUT2D eigenvalue weighted by molar-refractivity contribution is 8.04. The second kappa shape index (κ2) is 6.31. The van der Waals surface area contributed by atoms with Gasteiger partial charge in [-0.25, -0.2) is 5.21 Å². The van der Waals surface area contributed by atoms with Gasteiger partial charge in [-0.3, -0.25) is 4.79 Å². The molecule has 0 saturated carbocycles. The molecule has 0 amide bonds. The van der Waals surface area contributed by atoms with Crippen LogP contribution in [-0.4, -0.2) is 15.9 Å². The lowest BCUT2D eigenvalue weighted by atomic mass is 10.1. The summed E-state index contributed by atoms with van der Waals surface area (Å²) in [4.78, 5) is 25.3. The standard InChI is InChI=1S/C20H14NO4S/c1-12-6-7-14(16(8-12)21(23)24)17-9-13(11-25-17)10-19-20(22)15-4-2-3-5-18(15)26-19/h2-11H,1H3,(H,23,24)/q+1/b19-10+. The van der Waals surface area contributed by atoms with Crippen molar-refractivity contribution in [2.45, 2.75) is 11.8 Å². The summed E-state index contributed by atoms with van der Waals surface area (Å²) in [5.41, 5.74) is 2.85. The first kappa shape index (κ1) is 16.4. The molecule has 26 heavy (non-hydrogen) atoms. The van der Waals surface area contributed by atoms with E-state index in [-0.39, 0.29) is 16.4 Å². The predicted octanol–water partition coefficient (Wildman–Crippen LogP) is 5.38. The zero-order chi connectivity index (χ0) is 18.3. The first-order valence-corrected chi connectivity index (χ1v) is 8.73. The molecule has 6 heteroatoms. The van der Waals surface area contributed by atoms with Gasteiger partial charge < -0.3 is 4.42 Å². The smallest absolute Gasteiger partial charge is 0.327 e. The SMILES string of the molecule is Cc1ccc(-c2cc(/C=C3/Sc4ccccc4C3=O)co2)c([N+](=O)O)c1. The van der Waals surface area contributed by atoms with E-state index in [0.29, 0.717) is 27.4 Å². The third kappa shape index (κ3) is 2.84. The lowest BCUT2D eigenvalue weighted by Crippen LogP contribution is -1.95. The summed E-state index contributed by atoms with van der Waals surface area (Å²) in [6, 6.07) is 14.3. The molecule has 2 heterocycles. The van der Waals surface area contributed by atoms with E-state index >= 15 is 0 Å². The van der Waals surface area contributed by atoms with E-state index in [4.69, 9.17) is 4.42 Å². The molecule has 0 atom stereocenters. The summed E-state index contributed by atoms with van der Waals surface area (Å²) in [6.07, 6.45) is 3.29. The Labute approximate surface area is 153 Å². The van der Waals surface area contributed by atoms with Crippen LogP contribution in [0.1, 0.15) is 21.5 Å². The van der Waals surface area contributed by atoms with Crippen LogP contribution in [-0.2, 0) is 0 Å². The summed E-state index contributed by atoms with van der Waals surface area (Å²) in [5, 5.41) is 9.34. The van der Waals surface area contributed by atoms with Gasteiger partial charge in [-0.05, 0) is 42.8 Å². The molecule has 0 saturated heterocycles. The summed E-state index contributed by atoms with van der Waals surface area (Å²) >= 11 is 1.43. The normalized spacial score (nSPS) is 14.7. The molecule has 4 rings (SSSR count). The van der Waals surface area contributed by atoms with Gasteiger partial charge in [0.2, 0.25) is 5.78 Å². The van der Waals surface area contributed by atoms with Gasteiger partial charge in [-0.2, -0.15) is 0 Å². The van der Waals surface area contributed by atoms with Crippen molar-refractivity contribution in [2.75, 3.05) is 0 Å². The van der Waals surface area contributed by atoms with Gasteiger partial charge in [0, 0.05) is 22.1 Å². The minimum atomic E-state index is -0.171. The number of hydrogen-bond acceptors (Lipinski definition) is 4. The van der Waals surface area contributed by atoms with Gasteiger partial charge in [0.05, 0.1) is 21.6 Å². The third-order valence-corrected chi connectivity index (χ3v) is 5.22. The molecule has 0 unspecified atom stereocenters. The van der Waals surface area contributed by atoms with E-state index in [9.17, 15) is 14.9 Å². The number of Topliss-reactive ketones (excluding diaryl/α,β-unsaturated/α-hetero) is 1. The fourth-order valence-corrected chi connectivity index (χ4v) is 3.92. The van der Waals surface area contributed by atoms with E-state index in [2.05, 4.69) is 0 Å². The van der Waals surface area contributed by atoms with Crippen LogP contribution in [0.4, 0.5) is 5.69 Å². The molecule has 1 N–H and O–H groups in total. The second-order valence-electron chi connectivity index (χ2n) is 5.97. The summed E-state index contributed by atoms with van der Waals surface area (Å²) in [6.45, 7) is 1.83. The molecule has 0 aliphatic carbocycles. The second-order valence-corrected chi connectivity index (χ2v) is 7.06. The molecule has 0 bridgehead atoms. The number of thioether (sulfide) groups is 1. The number of ketones is 1. The molecule has 0 spiro atoms. The Morgan fingerprint density at radius 1 is 1.12 bits per heavy atom. The number of nitrogens with zero attached hydrogens (tertiary/aromatic N) is 1. The van der Waals surface area contributed by atoms with Crippen LogP contribution in [0.3, 0.4) is 0 Å². The Kier molecular flexibility index (Phi) is 3.97. The van der Waals surface area contributed by atoms with Crippen molar-refractivity contribution in [3.8, 4) is 11.3 Å².